The molecule has 3 saturated carbocycles. The van der Waals surface area contributed by atoms with Crippen LogP contribution < -0.4 is 0 Å². The molecule has 6 atom stereocenters. The van der Waals surface area contributed by atoms with Crippen molar-refractivity contribution in [3.63, 3.8) is 0 Å². The molecule has 0 amide bonds. The monoisotopic (exact) mass is 372 g/mol. The average Bonchev–Trinajstić information content (AvgIpc) is 2.99. The van der Waals surface area contributed by atoms with Crippen molar-refractivity contribution < 1.29 is 10.2 Å². The third-order valence-corrected chi connectivity index (χ3v) is 8.04. The van der Waals surface area contributed by atoms with E-state index in [1.54, 1.807) is 5.57 Å². The van der Waals surface area contributed by atoms with E-state index >= 15 is 0 Å². The van der Waals surface area contributed by atoms with Crippen LogP contribution in [0.4, 0.5) is 0 Å². The molecule has 27 heavy (non-hydrogen) atoms. The highest BCUT2D eigenvalue weighted by molar-refractivity contribution is 5.29. The molecule has 0 aromatic carbocycles. The second-order valence-corrected chi connectivity index (χ2v) is 9.80. The van der Waals surface area contributed by atoms with Gasteiger partial charge in [-0.1, -0.05) is 69.9 Å². The van der Waals surface area contributed by atoms with Crippen LogP contribution in [0.15, 0.2) is 35.5 Å². The highest BCUT2D eigenvalue weighted by atomic mass is 16.3. The van der Waals surface area contributed by atoms with Gasteiger partial charge in [0, 0.05) is 0 Å². The molecular formula is C25H40O2. The second-order valence-electron chi connectivity index (χ2n) is 9.80. The molecule has 0 radical (unpaired) electrons. The Morgan fingerprint density at radius 3 is 2.56 bits per heavy atom. The molecule has 2 nitrogen and oxygen atoms in total. The van der Waals surface area contributed by atoms with Crippen molar-refractivity contribution in [2.75, 3.05) is 0 Å². The van der Waals surface area contributed by atoms with Crippen molar-refractivity contribution in [1.82, 2.24) is 0 Å². The van der Waals surface area contributed by atoms with Crippen LogP contribution in [0.3, 0.4) is 0 Å². The molecule has 3 fully saturated rings. The summed E-state index contributed by atoms with van der Waals surface area (Å²) >= 11 is 0. The lowest BCUT2D eigenvalue weighted by Gasteiger charge is -2.44. The van der Waals surface area contributed by atoms with Crippen molar-refractivity contribution in [2.45, 2.75) is 97.2 Å². The normalized spacial score (nSPS) is 39.5. The summed E-state index contributed by atoms with van der Waals surface area (Å²) in [4.78, 5) is 0. The molecule has 0 aromatic heterocycles. The first-order valence-corrected chi connectivity index (χ1v) is 11.3. The lowest BCUT2D eigenvalue weighted by atomic mass is 9.60. The predicted octanol–water partition coefficient (Wildman–Crippen LogP) is 5.95. The first kappa shape index (κ1) is 20.9. The van der Waals surface area contributed by atoms with E-state index in [9.17, 15) is 10.2 Å². The predicted molar refractivity (Wildman–Crippen MR) is 113 cm³/mol. The lowest BCUT2D eigenvalue weighted by molar-refractivity contribution is 0.0934. The molecule has 3 aliphatic rings. The summed E-state index contributed by atoms with van der Waals surface area (Å²) in [6.07, 6.45) is 15.3. The maximum absolute atomic E-state index is 10.1. The average molecular weight is 373 g/mol. The van der Waals surface area contributed by atoms with Crippen molar-refractivity contribution >= 4 is 0 Å². The zero-order valence-corrected chi connectivity index (χ0v) is 17.7. The van der Waals surface area contributed by atoms with Crippen molar-refractivity contribution in [3.8, 4) is 0 Å². The molecule has 2 unspecified atom stereocenters. The number of allylic oxidation sites excluding steroid dienone is 3. The fraction of sp³-hybridized carbons (Fsp3) is 0.760. The van der Waals surface area contributed by atoms with E-state index in [1.165, 1.54) is 51.4 Å². The van der Waals surface area contributed by atoms with Gasteiger partial charge in [-0.25, -0.2) is 0 Å². The quantitative estimate of drug-likeness (QED) is 0.585. The molecule has 2 N–H and O–H groups in total. The molecule has 0 aliphatic heterocycles. The van der Waals surface area contributed by atoms with Crippen molar-refractivity contribution in [2.24, 2.45) is 23.2 Å². The van der Waals surface area contributed by atoms with Crippen LogP contribution in [0.1, 0.15) is 85.0 Å². The summed E-state index contributed by atoms with van der Waals surface area (Å²) in [5, 5.41) is 20.2. The second kappa shape index (κ2) is 8.66. The lowest BCUT2D eigenvalue weighted by Crippen LogP contribution is -2.36. The number of aliphatic hydroxyl groups excluding tert-OH is 2. The number of unbranched alkanes of at least 4 members (excludes halogenated alkanes) is 1. The van der Waals surface area contributed by atoms with Crippen LogP contribution in [0.5, 0.6) is 0 Å². The van der Waals surface area contributed by atoms with Crippen LogP contribution in [0.2, 0.25) is 0 Å². The van der Waals surface area contributed by atoms with Crippen molar-refractivity contribution in [3.05, 3.63) is 35.5 Å². The minimum Gasteiger partial charge on any atom is -0.388 e. The van der Waals surface area contributed by atoms with Crippen LogP contribution in [0, 0.1) is 23.2 Å². The van der Waals surface area contributed by atoms with E-state index < -0.39 is 12.2 Å². The summed E-state index contributed by atoms with van der Waals surface area (Å²) in [6, 6.07) is 0. The molecule has 0 bridgehead atoms. The Bertz CT molecular complexity index is 585. The van der Waals surface area contributed by atoms with Crippen molar-refractivity contribution in [1.29, 1.82) is 0 Å². The van der Waals surface area contributed by atoms with Crippen LogP contribution >= 0.6 is 0 Å². The fourth-order valence-corrected chi connectivity index (χ4v) is 6.37. The number of rotatable bonds is 5. The van der Waals surface area contributed by atoms with Gasteiger partial charge in [-0.3, -0.25) is 0 Å². The topological polar surface area (TPSA) is 40.5 Å². The zero-order chi connectivity index (χ0) is 19.6. The van der Waals surface area contributed by atoms with E-state index in [0.717, 1.165) is 23.3 Å². The molecule has 0 aromatic rings. The van der Waals surface area contributed by atoms with Gasteiger partial charge < -0.3 is 10.2 Å². The Hall–Kier alpha value is -0.860. The Balaban J connectivity index is 1.74. The Kier molecular flexibility index (Phi) is 6.69. The van der Waals surface area contributed by atoms with Gasteiger partial charge >= 0.3 is 0 Å². The molecule has 0 spiro atoms. The maximum Gasteiger partial charge on any atom is 0.0809 e. The van der Waals surface area contributed by atoms with Gasteiger partial charge in [-0.05, 0) is 73.7 Å². The molecular weight excluding hydrogens is 332 g/mol. The van der Waals surface area contributed by atoms with E-state index in [0.29, 0.717) is 23.8 Å². The standard InChI is InChI=1S/C25H40O2/c1-5-6-8-17(2)21-12-13-22-20(9-7-14-25(21,22)4)11-10-19-15-23(26)18(3)24(27)16-19/h10-11,17,21-24,26-27H,3,5-9,12-16H2,1-2,4H3/b20-11-/t17-,21?,22?,23+,24+,25+/m0/s1. The van der Waals surface area contributed by atoms with E-state index in [-0.39, 0.29) is 0 Å². The van der Waals surface area contributed by atoms with Crippen LogP contribution in [0.25, 0.3) is 0 Å². The summed E-state index contributed by atoms with van der Waals surface area (Å²) in [5.41, 5.74) is 3.82. The van der Waals surface area contributed by atoms with E-state index in [4.69, 9.17) is 0 Å². The highest BCUT2D eigenvalue weighted by Crippen LogP contribution is 2.59. The van der Waals surface area contributed by atoms with Gasteiger partial charge in [0.2, 0.25) is 0 Å². The molecule has 2 heteroatoms. The Morgan fingerprint density at radius 1 is 1.19 bits per heavy atom. The highest BCUT2D eigenvalue weighted by Gasteiger charge is 2.50. The molecule has 0 heterocycles. The Morgan fingerprint density at radius 2 is 1.89 bits per heavy atom. The zero-order valence-electron chi connectivity index (χ0n) is 17.7. The third-order valence-electron chi connectivity index (χ3n) is 8.04. The first-order valence-electron chi connectivity index (χ1n) is 11.3. The van der Waals surface area contributed by atoms with Crippen LogP contribution in [-0.2, 0) is 0 Å². The summed E-state index contributed by atoms with van der Waals surface area (Å²) in [5.74, 6) is 2.44. The van der Waals surface area contributed by atoms with Crippen LogP contribution in [-0.4, -0.2) is 22.4 Å². The fourth-order valence-electron chi connectivity index (χ4n) is 6.37. The van der Waals surface area contributed by atoms with Gasteiger partial charge in [0.05, 0.1) is 12.2 Å². The number of aliphatic hydroxyl groups is 2. The summed E-state index contributed by atoms with van der Waals surface area (Å²) in [6.45, 7) is 11.2. The van der Waals surface area contributed by atoms with E-state index in [2.05, 4.69) is 39.5 Å². The summed E-state index contributed by atoms with van der Waals surface area (Å²) < 4.78 is 0. The number of hydrogen-bond donors (Lipinski definition) is 2. The molecule has 3 aliphatic carbocycles. The number of fused-ring (bicyclic) bond motifs is 1. The molecule has 152 valence electrons. The van der Waals surface area contributed by atoms with Gasteiger partial charge in [-0.15, -0.1) is 0 Å². The molecule has 0 saturated heterocycles. The van der Waals surface area contributed by atoms with Gasteiger partial charge in [0.15, 0.2) is 0 Å². The minimum absolute atomic E-state index is 0.468. The largest absolute Gasteiger partial charge is 0.388 e. The minimum atomic E-state index is -0.592. The maximum atomic E-state index is 10.1. The first-order chi connectivity index (χ1) is 12.9. The molecule has 3 rings (SSSR count). The SMILES string of the molecule is C=C1[C@H](O)CC(=C/C=C2/CCC[C@@]3(C)C2CCC3[C@@H](C)CCCC)C[C@H]1O. The number of hydrogen-bond acceptors (Lipinski definition) is 2. The third kappa shape index (κ3) is 4.27. The summed E-state index contributed by atoms with van der Waals surface area (Å²) in [7, 11) is 0. The van der Waals surface area contributed by atoms with Gasteiger partial charge in [0.25, 0.3) is 0 Å². The van der Waals surface area contributed by atoms with E-state index in [1.807, 2.05) is 0 Å². The van der Waals surface area contributed by atoms with Gasteiger partial charge in [-0.2, -0.15) is 0 Å². The smallest absolute Gasteiger partial charge is 0.0809 e. The Labute approximate surface area is 166 Å². The van der Waals surface area contributed by atoms with Gasteiger partial charge in [0.1, 0.15) is 0 Å².